The highest BCUT2D eigenvalue weighted by Crippen LogP contribution is 2.37. The molecule has 0 aliphatic carbocycles. The Hall–Kier alpha value is -3.88. The summed E-state index contributed by atoms with van der Waals surface area (Å²) >= 11 is 0. The highest BCUT2D eigenvalue weighted by molar-refractivity contribution is 5.99. The van der Waals surface area contributed by atoms with Gasteiger partial charge >= 0.3 is 0 Å². The van der Waals surface area contributed by atoms with Gasteiger partial charge in [-0.05, 0) is 36.4 Å². The fourth-order valence-corrected chi connectivity index (χ4v) is 2.84. The lowest BCUT2D eigenvalue weighted by atomic mass is 10.2. The SMILES string of the molecule is C=CC(=O)Nc1ccc(Oc2ccc(F)cc2F)c(N2C=C(NC)C(=O)N(C)C2)c1. The number of hydrogen-bond donors (Lipinski definition) is 2. The van der Waals surface area contributed by atoms with Gasteiger partial charge in [0.2, 0.25) is 5.91 Å². The largest absolute Gasteiger partial charge is 0.452 e. The van der Waals surface area contributed by atoms with Gasteiger partial charge in [0.05, 0.1) is 12.4 Å². The molecule has 2 N–H and O–H groups in total. The van der Waals surface area contributed by atoms with Crippen molar-refractivity contribution in [1.82, 2.24) is 10.2 Å². The van der Waals surface area contributed by atoms with Gasteiger partial charge in [0.1, 0.15) is 11.5 Å². The van der Waals surface area contributed by atoms with E-state index in [0.717, 1.165) is 18.2 Å². The molecule has 2 amide bonds. The summed E-state index contributed by atoms with van der Waals surface area (Å²) < 4.78 is 33.0. The summed E-state index contributed by atoms with van der Waals surface area (Å²) in [6.45, 7) is 3.60. The van der Waals surface area contributed by atoms with Gasteiger partial charge in [-0.25, -0.2) is 8.78 Å². The van der Waals surface area contributed by atoms with Crippen LogP contribution < -0.4 is 20.3 Å². The van der Waals surface area contributed by atoms with Crippen molar-refractivity contribution in [3.8, 4) is 11.5 Å². The number of halogens is 2. The van der Waals surface area contributed by atoms with E-state index in [-0.39, 0.29) is 24.1 Å². The van der Waals surface area contributed by atoms with Crippen LogP contribution in [-0.2, 0) is 9.59 Å². The smallest absolute Gasteiger partial charge is 0.272 e. The normalized spacial score (nSPS) is 13.6. The van der Waals surface area contributed by atoms with Crippen LogP contribution in [0.1, 0.15) is 0 Å². The average Bonchev–Trinajstić information content (AvgIpc) is 2.72. The zero-order valence-electron chi connectivity index (χ0n) is 16.4. The number of rotatable bonds is 6. The minimum atomic E-state index is -0.859. The summed E-state index contributed by atoms with van der Waals surface area (Å²) in [6, 6.07) is 7.72. The Balaban J connectivity index is 2.05. The molecule has 0 aromatic heterocycles. The zero-order chi connectivity index (χ0) is 21.8. The first kappa shape index (κ1) is 20.8. The van der Waals surface area contributed by atoms with Gasteiger partial charge in [-0.1, -0.05) is 6.58 Å². The predicted molar refractivity (Wildman–Crippen MR) is 109 cm³/mol. The average molecular weight is 414 g/mol. The summed E-state index contributed by atoms with van der Waals surface area (Å²) in [6.07, 6.45) is 2.72. The third-order valence-electron chi connectivity index (χ3n) is 4.33. The van der Waals surface area contributed by atoms with E-state index in [4.69, 9.17) is 4.74 Å². The van der Waals surface area contributed by atoms with Crippen molar-refractivity contribution in [1.29, 1.82) is 0 Å². The molecule has 2 aromatic carbocycles. The number of likely N-dealkylation sites (N-methyl/N-ethyl adjacent to an activating group) is 2. The molecule has 9 heteroatoms. The van der Waals surface area contributed by atoms with Crippen molar-refractivity contribution < 1.29 is 23.1 Å². The number of hydrogen-bond acceptors (Lipinski definition) is 5. The van der Waals surface area contributed by atoms with E-state index in [1.54, 1.807) is 43.4 Å². The minimum Gasteiger partial charge on any atom is -0.452 e. The highest BCUT2D eigenvalue weighted by atomic mass is 19.1. The second-order valence-corrected chi connectivity index (χ2v) is 6.46. The number of ether oxygens (including phenoxy) is 1. The van der Waals surface area contributed by atoms with E-state index in [1.807, 2.05) is 0 Å². The molecule has 7 nitrogen and oxygen atoms in total. The number of nitrogens with zero attached hydrogens (tertiary/aromatic N) is 2. The second kappa shape index (κ2) is 8.64. The Bertz CT molecular complexity index is 1040. The molecule has 0 saturated heterocycles. The van der Waals surface area contributed by atoms with Crippen LogP contribution in [0.15, 0.2) is 61.0 Å². The lowest BCUT2D eigenvalue weighted by Crippen LogP contribution is -2.44. The summed E-state index contributed by atoms with van der Waals surface area (Å²) in [7, 11) is 3.25. The lowest BCUT2D eigenvalue weighted by Gasteiger charge is -2.33. The first-order chi connectivity index (χ1) is 14.3. The topological polar surface area (TPSA) is 73.9 Å². The van der Waals surface area contributed by atoms with E-state index < -0.39 is 17.5 Å². The second-order valence-electron chi connectivity index (χ2n) is 6.46. The lowest BCUT2D eigenvalue weighted by molar-refractivity contribution is -0.126. The maximum absolute atomic E-state index is 14.1. The Kier molecular flexibility index (Phi) is 6.01. The molecular formula is C21H20F2N4O3. The Morgan fingerprint density at radius 3 is 2.60 bits per heavy atom. The number of anilines is 2. The van der Waals surface area contributed by atoms with Crippen LogP contribution in [-0.4, -0.2) is 37.5 Å². The minimum absolute atomic E-state index is 0.167. The fourth-order valence-electron chi connectivity index (χ4n) is 2.84. The number of nitrogens with one attached hydrogen (secondary N) is 2. The van der Waals surface area contributed by atoms with Gasteiger partial charge in [-0.3, -0.25) is 9.59 Å². The van der Waals surface area contributed by atoms with Crippen LogP contribution in [0.5, 0.6) is 11.5 Å². The van der Waals surface area contributed by atoms with E-state index in [2.05, 4.69) is 17.2 Å². The molecule has 2 aromatic rings. The van der Waals surface area contributed by atoms with E-state index >= 15 is 0 Å². The van der Waals surface area contributed by atoms with Crippen LogP contribution in [0.3, 0.4) is 0 Å². The van der Waals surface area contributed by atoms with Crippen molar-refractivity contribution >= 4 is 23.2 Å². The van der Waals surface area contributed by atoms with Crippen molar-refractivity contribution in [2.24, 2.45) is 0 Å². The Morgan fingerprint density at radius 2 is 1.93 bits per heavy atom. The molecule has 3 rings (SSSR count). The van der Waals surface area contributed by atoms with Crippen LogP contribution in [0.2, 0.25) is 0 Å². The van der Waals surface area contributed by atoms with Gasteiger partial charge in [0.25, 0.3) is 5.91 Å². The van der Waals surface area contributed by atoms with Crippen LogP contribution in [0.4, 0.5) is 20.2 Å². The molecule has 0 bridgehead atoms. The Morgan fingerprint density at radius 1 is 1.20 bits per heavy atom. The first-order valence-corrected chi connectivity index (χ1v) is 8.94. The number of carbonyl (C=O) groups is 2. The molecule has 156 valence electrons. The highest BCUT2D eigenvalue weighted by Gasteiger charge is 2.25. The zero-order valence-corrected chi connectivity index (χ0v) is 16.4. The molecular weight excluding hydrogens is 394 g/mol. The van der Waals surface area contributed by atoms with Gasteiger partial charge in [0.15, 0.2) is 17.3 Å². The maximum Gasteiger partial charge on any atom is 0.272 e. The first-order valence-electron chi connectivity index (χ1n) is 8.94. The third kappa shape index (κ3) is 4.40. The summed E-state index contributed by atoms with van der Waals surface area (Å²) in [5.74, 6) is -2.11. The molecule has 30 heavy (non-hydrogen) atoms. The molecule has 0 radical (unpaired) electrons. The van der Waals surface area contributed by atoms with E-state index in [0.29, 0.717) is 17.1 Å². The van der Waals surface area contributed by atoms with Crippen molar-refractivity contribution in [2.75, 3.05) is 31.0 Å². The molecule has 1 aliphatic rings. The number of carbonyl (C=O) groups excluding carboxylic acids is 2. The monoisotopic (exact) mass is 414 g/mol. The van der Waals surface area contributed by atoms with Gasteiger partial charge in [-0.2, -0.15) is 0 Å². The van der Waals surface area contributed by atoms with Gasteiger partial charge in [0, 0.05) is 32.0 Å². The van der Waals surface area contributed by atoms with Crippen molar-refractivity contribution in [3.63, 3.8) is 0 Å². The molecule has 0 saturated carbocycles. The summed E-state index contributed by atoms with van der Waals surface area (Å²) in [5.41, 5.74) is 1.23. The van der Waals surface area contributed by atoms with Crippen LogP contribution in [0, 0.1) is 11.6 Å². The fraction of sp³-hybridized carbons (Fsp3) is 0.143. The molecule has 0 atom stereocenters. The van der Waals surface area contributed by atoms with Crippen LogP contribution in [0.25, 0.3) is 0 Å². The molecule has 0 unspecified atom stereocenters. The molecule has 0 fully saturated rings. The molecule has 1 heterocycles. The van der Waals surface area contributed by atoms with Gasteiger partial charge in [-0.15, -0.1) is 0 Å². The standard InChI is InChI=1S/C21H20F2N4O3/c1-4-20(28)25-14-6-8-19(30-18-7-5-13(22)9-15(18)23)17(10-14)27-11-16(24-2)21(29)26(3)12-27/h4-11,24H,1,12H2,2-3H3,(H,25,28). The summed E-state index contributed by atoms with van der Waals surface area (Å²) in [4.78, 5) is 27.1. The molecule has 1 aliphatic heterocycles. The van der Waals surface area contributed by atoms with Gasteiger partial charge < -0.3 is 25.2 Å². The third-order valence-corrected chi connectivity index (χ3v) is 4.33. The van der Waals surface area contributed by atoms with E-state index in [9.17, 15) is 18.4 Å². The Labute approximate surface area is 172 Å². The number of amides is 2. The van der Waals surface area contributed by atoms with Crippen molar-refractivity contribution in [2.45, 2.75) is 0 Å². The quantitative estimate of drug-likeness (QED) is 0.711. The maximum atomic E-state index is 14.1. The van der Waals surface area contributed by atoms with Crippen molar-refractivity contribution in [3.05, 3.63) is 72.6 Å². The van der Waals surface area contributed by atoms with E-state index in [1.165, 1.54) is 11.0 Å². The summed E-state index contributed by atoms with van der Waals surface area (Å²) in [5, 5.41) is 5.47. The van der Waals surface area contributed by atoms with Crippen LogP contribution >= 0.6 is 0 Å². The number of benzene rings is 2. The predicted octanol–water partition coefficient (Wildman–Crippen LogP) is 3.18. The molecule has 0 spiro atoms.